The molecule has 6 heteroatoms. The van der Waals surface area contributed by atoms with E-state index in [2.05, 4.69) is 13.8 Å². The molecule has 0 aliphatic carbocycles. The Labute approximate surface area is 180 Å². The van der Waals surface area contributed by atoms with Crippen LogP contribution in [0.2, 0.25) is 0 Å². The molecule has 0 spiro atoms. The summed E-state index contributed by atoms with van der Waals surface area (Å²) in [5.41, 5.74) is 0. The van der Waals surface area contributed by atoms with Crippen molar-refractivity contribution in [1.82, 2.24) is 0 Å². The van der Waals surface area contributed by atoms with Gasteiger partial charge in [0, 0.05) is 11.9 Å². The zero-order chi connectivity index (χ0) is 15.6. The summed E-state index contributed by atoms with van der Waals surface area (Å²) in [7, 11) is 0. The van der Waals surface area contributed by atoms with Crippen molar-refractivity contribution in [3.8, 4) is 0 Å². The standard InChI is InChI=1S/2C8H16O2.2Na/c2*1-2-3-4-5-6-7-8(9)10;;/h2*2-7H2,1H3,(H,9,10);;/q;;2*+1/p-2. The quantitative estimate of drug-likeness (QED) is 0.271. The molecule has 0 saturated carbocycles. The third kappa shape index (κ3) is 37.3. The Morgan fingerprint density at radius 3 is 1.09 bits per heavy atom. The summed E-state index contributed by atoms with van der Waals surface area (Å²) >= 11 is 0. The second kappa shape index (κ2) is 26.8. The van der Waals surface area contributed by atoms with Crippen LogP contribution in [0.4, 0.5) is 0 Å². The van der Waals surface area contributed by atoms with Gasteiger partial charge in [-0.1, -0.05) is 65.2 Å². The van der Waals surface area contributed by atoms with Crippen LogP contribution < -0.4 is 69.3 Å². The number of carbonyl (C=O) groups is 2. The van der Waals surface area contributed by atoms with E-state index in [1.807, 2.05) is 0 Å². The fourth-order valence-corrected chi connectivity index (χ4v) is 1.75. The minimum atomic E-state index is -0.920. The van der Waals surface area contributed by atoms with Crippen molar-refractivity contribution in [2.45, 2.75) is 90.9 Å². The minimum absolute atomic E-state index is 0. The van der Waals surface area contributed by atoms with E-state index in [4.69, 9.17) is 0 Å². The van der Waals surface area contributed by atoms with Crippen molar-refractivity contribution >= 4 is 11.9 Å². The first-order valence-electron chi connectivity index (χ1n) is 7.94. The molecule has 0 unspecified atom stereocenters. The van der Waals surface area contributed by atoms with E-state index < -0.39 is 11.9 Å². The molecule has 0 aromatic carbocycles. The number of aliphatic carboxylic acids is 2. The molecule has 0 amide bonds. The SMILES string of the molecule is CCCCCCCC(=O)[O-].CCCCCCCC(=O)[O-].[Na+].[Na+]. The monoisotopic (exact) mass is 332 g/mol. The van der Waals surface area contributed by atoms with Crippen molar-refractivity contribution in [1.29, 1.82) is 0 Å². The molecule has 0 fully saturated rings. The summed E-state index contributed by atoms with van der Waals surface area (Å²) in [5, 5.41) is 19.8. The van der Waals surface area contributed by atoms with Crippen molar-refractivity contribution in [3.63, 3.8) is 0 Å². The van der Waals surface area contributed by atoms with Gasteiger partial charge in [0.2, 0.25) is 0 Å². The third-order valence-electron chi connectivity index (χ3n) is 2.97. The van der Waals surface area contributed by atoms with Crippen LogP contribution in [0.5, 0.6) is 0 Å². The summed E-state index contributed by atoms with van der Waals surface area (Å²) in [5.74, 6) is -1.84. The molecular formula is C16H30Na2O4. The maximum absolute atomic E-state index is 9.92. The number of unbranched alkanes of at least 4 members (excludes halogenated alkanes) is 8. The minimum Gasteiger partial charge on any atom is -0.550 e. The topological polar surface area (TPSA) is 80.3 Å². The number of carboxylic acids is 2. The van der Waals surface area contributed by atoms with Crippen LogP contribution in [0, 0.1) is 0 Å². The Hall–Kier alpha value is 0.940. The Morgan fingerprint density at radius 2 is 0.864 bits per heavy atom. The summed E-state index contributed by atoms with van der Waals surface area (Å²) in [6.45, 7) is 4.28. The number of carboxylic acid groups (broad SMARTS) is 2. The van der Waals surface area contributed by atoms with Crippen molar-refractivity contribution in [2.24, 2.45) is 0 Å². The Balaban J connectivity index is -0.000000135. The van der Waals surface area contributed by atoms with Gasteiger partial charge >= 0.3 is 59.1 Å². The molecular weight excluding hydrogens is 302 g/mol. The van der Waals surface area contributed by atoms with E-state index in [0.717, 1.165) is 38.5 Å². The normalized spacial score (nSPS) is 8.82. The molecule has 4 nitrogen and oxygen atoms in total. The third-order valence-corrected chi connectivity index (χ3v) is 2.97. The molecule has 22 heavy (non-hydrogen) atoms. The smallest absolute Gasteiger partial charge is 0.550 e. The second-order valence-electron chi connectivity index (χ2n) is 5.07. The van der Waals surface area contributed by atoms with Gasteiger partial charge in [0.05, 0.1) is 0 Å². The molecule has 0 aromatic rings. The van der Waals surface area contributed by atoms with Crippen molar-refractivity contribution < 1.29 is 78.9 Å². The second-order valence-corrected chi connectivity index (χ2v) is 5.07. The fourth-order valence-electron chi connectivity index (χ4n) is 1.75. The van der Waals surface area contributed by atoms with E-state index in [0.29, 0.717) is 0 Å². The van der Waals surface area contributed by atoms with E-state index in [1.54, 1.807) is 0 Å². The van der Waals surface area contributed by atoms with Crippen molar-refractivity contribution in [3.05, 3.63) is 0 Å². The Kier molecular flexibility index (Phi) is 37.5. The first kappa shape index (κ1) is 30.8. The van der Waals surface area contributed by atoms with E-state index in [-0.39, 0.29) is 72.0 Å². The molecule has 120 valence electrons. The van der Waals surface area contributed by atoms with Gasteiger partial charge in [-0.2, -0.15) is 0 Å². The van der Waals surface area contributed by atoms with E-state index in [9.17, 15) is 19.8 Å². The van der Waals surface area contributed by atoms with Crippen LogP contribution in [0.15, 0.2) is 0 Å². The molecule has 0 aromatic heterocycles. The predicted octanol–water partition coefficient (Wildman–Crippen LogP) is -3.80. The number of hydrogen-bond donors (Lipinski definition) is 0. The molecule has 0 rings (SSSR count). The molecule has 0 heterocycles. The van der Waals surface area contributed by atoms with Gasteiger partial charge < -0.3 is 19.8 Å². The maximum Gasteiger partial charge on any atom is 1.00 e. The molecule has 0 aliphatic heterocycles. The van der Waals surface area contributed by atoms with Gasteiger partial charge in [0.1, 0.15) is 0 Å². The molecule has 0 radical (unpaired) electrons. The first-order chi connectivity index (χ1) is 9.54. The maximum atomic E-state index is 9.92. The van der Waals surface area contributed by atoms with E-state index >= 15 is 0 Å². The number of carbonyl (C=O) groups excluding carboxylic acids is 2. The average Bonchev–Trinajstić information content (AvgIpc) is 2.38. The number of hydrogen-bond acceptors (Lipinski definition) is 4. The van der Waals surface area contributed by atoms with Crippen LogP contribution in [0.3, 0.4) is 0 Å². The predicted molar refractivity (Wildman–Crippen MR) is 76.8 cm³/mol. The van der Waals surface area contributed by atoms with Gasteiger partial charge in [-0.05, 0) is 25.7 Å². The molecule has 0 aliphatic rings. The van der Waals surface area contributed by atoms with Gasteiger partial charge in [0.15, 0.2) is 0 Å². The van der Waals surface area contributed by atoms with Gasteiger partial charge in [-0.25, -0.2) is 0 Å². The van der Waals surface area contributed by atoms with Crippen LogP contribution in [-0.4, -0.2) is 11.9 Å². The Morgan fingerprint density at radius 1 is 0.591 bits per heavy atom. The zero-order valence-electron chi connectivity index (χ0n) is 15.1. The summed E-state index contributed by atoms with van der Waals surface area (Å²) in [6.07, 6.45) is 11.2. The zero-order valence-corrected chi connectivity index (χ0v) is 19.1. The van der Waals surface area contributed by atoms with Gasteiger partial charge in [-0.3, -0.25) is 0 Å². The summed E-state index contributed by atoms with van der Waals surface area (Å²) < 4.78 is 0. The molecule has 0 saturated heterocycles. The fraction of sp³-hybridized carbons (Fsp3) is 0.875. The molecule has 0 N–H and O–H groups in total. The van der Waals surface area contributed by atoms with Crippen LogP contribution in [-0.2, 0) is 9.59 Å². The van der Waals surface area contributed by atoms with E-state index in [1.165, 1.54) is 25.7 Å². The average molecular weight is 332 g/mol. The largest absolute Gasteiger partial charge is 1.00 e. The first-order valence-corrected chi connectivity index (χ1v) is 7.94. The van der Waals surface area contributed by atoms with Crippen LogP contribution in [0.25, 0.3) is 0 Å². The molecule has 0 bridgehead atoms. The van der Waals surface area contributed by atoms with Gasteiger partial charge in [-0.15, -0.1) is 0 Å². The summed E-state index contributed by atoms with van der Waals surface area (Å²) in [6, 6.07) is 0. The van der Waals surface area contributed by atoms with Crippen LogP contribution in [0.1, 0.15) is 90.9 Å². The van der Waals surface area contributed by atoms with Crippen molar-refractivity contribution in [2.75, 3.05) is 0 Å². The number of rotatable bonds is 12. The van der Waals surface area contributed by atoms with Gasteiger partial charge in [0.25, 0.3) is 0 Å². The Bertz CT molecular complexity index is 212. The summed E-state index contributed by atoms with van der Waals surface area (Å²) in [4.78, 5) is 19.8. The molecule has 0 atom stereocenters. The van der Waals surface area contributed by atoms with Crippen LogP contribution >= 0.6 is 0 Å².